The van der Waals surface area contributed by atoms with E-state index in [0.717, 1.165) is 44.4 Å². The molecule has 0 spiro atoms. The first-order chi connectivity index (χ1) is 13.2. The molecular formula is C22H36N4O2. The van der Waals surface area contributed by atoms with Gasteiger partial charge in [-0.15, -0.1) is 0 Å². The molecule has 1 saturated heterocycles. The number of aromatic nitrogens is 2. The predicted molar refractivity (Wildman–Crippen MR) is 112 cm³/mol. The maximum Gasteiger partial charge on any atom is 0.302 e. The highest BCUT2D eigenvalue weighted by Crippen LogP contribution is 2.37. The lowest BCUT2D eigenvalue weighted by Crippen LogP contribution is -2.48. The second-order valence-corrected chi connectivity index (χ2v) is 9.55. The molecule has 0 unspecified atom stereocenters. The zero-order valence-electron chi connectivity index (χ0n) is 18.2. The quantitative estimate of drug-likeness (QED) is 0.697. The molecule has 6 nitrogen and oxygen atoms in total. The minimum atomic E-state index is -0.197. The van der Waals surface area contributed by atoms with E-state index in [0.29, 0.717) is 18.4 Å². The van der Waals surface area contributed by atoms with Gasteiger partial charge >= 0.3 is 5.97 Å². The molecule has 0 N–H and O–H groups in total. The highest BCUT2D eigenvalue weighted by Gasteiger charge is 2.27. The third-order valence-electron chi connectivity index (χ3n) is 5.76. The first kappa shape index (κ1) is 21.0. The average molecular weight is 389 g/mol. The molecule has 1 aromatic rings. The number of carbonyl (C=O) groups excluding carboxylic acids is 1. The standard InChI is InChI=1S/C22H36N4O2/c1-16(15-28-17(2)27)14-25-9-11-26(12-10-25)20-13-19(18-7-6-8-18)23-21(24-20)22(3,4)5/h13,16,18H,6-12,14-15H2,1-5H3/t16-/m0/s1. The third-order valence-corrected chi connectivity index (χ3v) is 5.76. The zero-order valence-corrected chi connectivity index (χ0v) is 18.2. The molecule has 0 amide bonds. The topological polar surface area (TPSA) is 58.6 Å². The Bertz CT molecular complexity index is 674. The van der Waals surface area contributed by atoms with Crippen LogP contribution in [0.1, 0.15) is 71.3 Å². The number of anilines is 1. The van der Waals surface area contributed by atoms with Crippen molar-refractivity contribution in [2.45, 2.75) is 65.2 Å². The van der Waals surface area contributed by atoms with Crippen LogP contribution in [0.3, 0.4) is 0 Å². The van der Waals surface area contributed by atoms with E-state index in [-0.39, 0.29) is 11.4 Å². The van der Waals surface area contributed by atoms with Gasteiger partial charge < -0.3 is 9.64 Å². The third kappa shape index (κ3) is 5.43. The fraction of sp³-hybridized carbons (Fsp3) is 0.773. The Kier molecular flexibility index (Phi) is 6.58. The molecule has 6 heteroatoms. The second-order valence-electron chi connectivity index (χ2n) is 9.55. The van der Waals surface area contributed by atoms with E-state index >= 15 is 0 Å². The number of carbonyl (C=O) groups is 1. The maximum absolute atomic E-state index is 11.0. The molecule has 3 rings (SSSR count). The molecule has 1 aliphatic carbocycles. The normalized spacial score (nSPS) is 20.0. The molecule has 0 bridgehead atoms. The molecular weight excluding hydrogens is 352 g/mol. The summed E-state index contributed by atoms with van der Waals surface area (Å²) < 4.78 is 5.14. The molecule has 28 heavy (non-hydrogen) atoms. The summed E-state index contributed by atoms with van der Waals surface area (Å²) in [7, 11) is 0. The van der Waals surface area contributed by atoms with Crippen molar-refractivity contribution in [2.24, 2.45) is 5.92 Å². The van der Waals surface area contributed by atoms with Gasteiger partial charge in [-0.05, 0) is 12.8 Å². The highest BCUT2D eigenvalue weighted by molar-refractivity contribution is 5.65. The summed E-state index contributed by atoms with van der Waals surface area (Å²) in [6.07, 6.45) is 3.83. The van der Waals surface area contributed by atoms with Crippen LogP contribution < -0.4 is 4.90 Å². The number of esters is 1. The van der Waals surface area contributed by atoms with Gasteiger partial charge in [0, 0.05) is 68.7 Å². The number of ether oxygens (including phenoxy) is 1. The van der Waals surface area contributed by atoms with E-state index < -0.39 is 0 Å². The monoisotopic (exact) mass is 388 g/mol. The van der Waals surface area contributed by atoms with Gasteiger partial charge in [0.2, 0.25) is 0 Å². The van der Waals surface area contributed by atoms with E-state index in [4.69, 9.17) is 14.7 Å². The van der Waals surface area contributed by atoms with Crippen molar-refractivity contribution in [3.63, 3.8) is 0 Å². The number of rotatable bonds is 6. The van der Waals surface area contributed by atoms with Gasteiger partial charge in [-0.1, -0.05) is 34.1 Å². The molecule has 156 valence electrons. The van der Waals surface area contributed by atoms with Crippen molar-refractivity contribution in [2.75, 3.05) is 44.2 Å². The molecule has 2 aliphatic rings. The van der Waals surface area contributed by atoms with E-state index in [1.807, 2.05) is 0 Å². The lowest BCUT2D eigenvalue weighted by molar-refractivity contribution is -0.142. The average Bonchev–Trinajstić information content (AvgIpc) is 2.58. The zero-order chi connectivity index (χ0) is 20.3. The van der Waals surface area contributed by atoms with Gasteiger partial charge in [-0.25, -0.2) is 9.97 Å². The SMILES string of the molecule is CC(=O)OC[C@@H](C)CN1CCN(c2cc(C3CCC3)nc(C(C)(C)C)n2)CC1. The Morgan fingerprint density at radius 2 is 1.89 bits per heavy atom. The maximum atomic E-state index is 11.0. The number of nitrogens with zero attached hydrogens (tertiary/aromatic N) is 4. The van der Waals surface area contributed by atoms with E-state index in [9.17, 15) is 4.79 Å². The van der Waals surface area contributed by atoms with Crippen LogP contribution in [0.2, 0.25) is 0 Å². The summed E-state index contributed by atoms with van der Waals surface area (Å²) in [5, 5.41) is 0. The molecule has 1 saturated carbocycles. The number of piperazine rings is 1. The fourth-order valence-corrected chi connectivity index (χ4v) is 3.78. The van der Waals surface area contributed by atoms with Crippen LogP contribution in [0.5, 0.6) is 0 Å². The number of hydrogen-bond donors (Lipinski definition) is 0. The van der Waals surface area contributed by atoms with Crippen molar-refractivity contribution in [3.05, 3.63) is 17.6 Å². The van der Waals surface area contributed by atoms with Gasteiger partial charge in [-0.2, -0.15) is 0 Å². The first-order valence-corrected chi connectivity index (χ1v) is 10.7. The fourth-order valence-electron chi connectivity index (χ4n) is 3.78. The number of hydrogen-bond acceptors (Lipinski definition) is 6. The van der Waals surface area contributed by atoms with Crippen LogP contribution in [0.4, 0.5) is 5.82 Å². The first-order valence-electron chi connectivity index (χ1n) is 10.7. The Morgan fingerprint density at radius 3 is 2.43 bits per heavy atom. The Balaban J connectivity index is 1.62. The summed E-state index contributed by atoms with van der Waals surface area (Å²) in [5.74, 6) is 2.83. The summed E-state index contributed by atoms with van der Waals surface area (Å²) >= 11 is 0. The molecule has 2 fully saturated rings. The smallest absolute Gasteiger partial charge is 0.302 e. The van der Waals surface area contributed by atoms with Crippen LogP contribution in [-0.2, 0) is 14.9 Å². The molecule has 1 atom stereocenters. The minimum Gasteiger partial charge on any atom is -0.466 e. The van der Waals surface area contributed by atoms with Crippen LogP contribution in [0.25, 0.3) is 0 Å². The van der Waals surface area contributed by atoms with Gasteiger partial charge in [0.25, 0.3) is 0 Å². The molecule has 1 aromatic heterocycles. The Morgan fingerprint density at radius 1 is 1.21 bits per heavy atom. The summed E-state index contributed by atoms with van der Waals surface area (Å²) in [6, 6.07) is 2.23. The van der Waals surface area contributed by atoms with Crippen molar-refractivity contribution >= 4 is 11.8 Å². The Labute approximate surface area is 169 Å². The van der Waals surface area contributed by atoms with E-state index in [2.05, 4.69) is 43.6 Å². The van der Waals surface area contributed by atoms with Crippen molar-refractivity contribution < 1.29 is 9.53 Å². The van der Waals surface area contributed by atoms with Gasteiger partial charge in [0.05, 0.1) is 6.61 Å². The van der Waals surface area contributed by atoms with Crippen LogP contribution >= 0.6 is 0 Å². The van der Waals surface area contributed by atoms with Crippen LogP contribution in [0, 0.1) is 5.92 Å². The summed E-state index contributed by atoms with van der Waals surface area (Å²) in [5.41, 5.74) is 1.20. The lowest BCUT2D eigenvalue weighted by atomic mass is 9.82. The van der Waals surface area contributed by atoms with Crippen LogP contribution in [0.15, 0.2) is 6.07 Å². The summed E-state index contributed by atoms with van der Waals surface area (Å²) in [6.45, 7) is 15.6. The molecule has 0 radical (unpaired) electrons. The van der Waals surface area contributed by atoms with Gasteiger partial charge in [0.15, 0.2) is 0 Å². The van der Waals surface area contributed by atoms with Crippen molar-refractivity contribution in [1.82, 2.24) is 14.9 Å². The van der Waals surface area contributed by atoms with Gasteiger partial charge in [-0.3, -0.25) is 9.69 Å². The largest absolute Gasteiger partial charge is 0.466 e. The lowest BCUT2D eigenvalue weighted by Gasteiger charge is -2.37. The van der Waals surface area contributed by atoms with Crippen molar-refractivity contribution in [1.29, 1.82) is 0 Å². The van der Waals surface area contributed by atoms with Gasteiger partial charge in [0.1, 0.15) is 11.6 Å². The summed E-state index contributed by atoms with van der Waals surface area (Å²) in [4.78, 5) is 25.7. The van der Waals surface area contributed by atoms with Crippen LogP contribution in [-0.4, -0.2) is 60.2 Å². The minimum absolute atomic E-state index is 0.0392. The predicted octanol–water partition coefficient (Wildman–Crippen LogP) is 3.36. The Hall–Kier alpha value is -1.69. The van der Waals surface area contributed by atoms with E-state index in [1.165, 1.54) is 31.9 Å². The van der Waals surface area contributed by atoms with E-state index in [1.54, 1.807) is 0 Å². The van der Waals surface area contributed by atoms with Crippen molar-refractivity contribution in [3.8, 4) is 0 Å². The molecule has 2 heterocycles. The molecule has 0 aromatic carbocycles. The molecule has 1 aliphatic heterocycles. The highest BCUT2D eigenvalue weighted by atomic mass is 16.5. The second kappa shape index (κ2) is 8.76.